The summed E-state index contributed by atoms with van der Waals surface area (Å²) in [4.78, 5) is 0. The lowest BCUT2D eigenvalue weighted by Crippen LogP contribution is -2.30. The van der Waals surface area contributed by atoms with E-state index in [0.29, 0.717) is 6.54 Å². The maximum absolute atomic E-state index is 9.87. The van der Waals surface area contributed by atoms with Gasteiger partial charge in [-0.25, -0.2) is 0 Å². The lowest BCUT2D eigenvalue weighted by atomic mass is 9.91. The van der Waals surface area contributed by atoms with Gasteiger partial charge in [0.15, 0.2) is 0 Å². The maximum atomic E-state index is 9.87. The molecule has 0 fully saturated rings. The molecule has 2 nitrogen and oxygen atoms in total. The third kappa shape index (κ3) is 3.50. The summed E-state index contributed by atoms with van der Waals surface area (Å²) in [7, 11) is 0. The molecule has 0 saturated carbocycles. The van der Waals surface area contributed by atoms with Gasteiger partial charge in [-0.3, -0.25) is 0 Å². The van der Waals surface area contributed by atoms with E-state index in [-0.39, 0.29) is 5.92 Å². The average Bonchev–Trinajstić information content (AvgIpc) is 2.26. The van der Waals surface area contributed by atoms with Crippen LogP contribution in [0, 0.1) is 5.92 Å². The van der Waals surface area contributed by atoms with Crippen molar-refractivity contribution in [3.8, 4) is 0 Å². The molecule has 82 valence electrons. The van der Waals surface area contributed by atoms with Crippen LogP contribution in [0.4, 0.5) is 0 Å². The van der Waals surface area contributed by atoms with Crippen LogP contribution >= 0.6 is 0 Å². The van der Waals surface area contributed by atoms with Gasteiger partial charge in [0.05, 0.1) is 6.10 Å². The summed E-state index contributed by atoms with van der Waals surface area (Å²) in [6, 6.07) is 10.1. The minimum absolute atomic E-state index is 0.0601. The van der Waals surface area contributed by atoms with Crippen LogP contribution in [-0.4, -0.2) is 17.8 Å². The highest BCUT2D eigenvalue weighted by molar-refractivity contribution is 5.16. The van der Waals surface area contributed by atoms with Gasteiger partial charge < -0.3 is 10.8 Å². The molecule has 0 heterocycles. The van der Waals surface area contributed by atoms with Crippen molar-refractivity contribution in [1.29, 1.82) is 0 Å². The summed E-state index contributed by atoms with van der Waals surface area (Å²) in [6.45, 7) is 6.07. The van der Waals surface area contributed by atoms with Gasteiger partial charge in [-0.1, -0.05) is 42.5 Å². The molecule has 3 N–H and O–H groups in total. The number of aliphatic hydroxyl groups excluding tert-OH is 1. The molecule has 0 aliphatic rings. The number of benzene rings is 1. The van der Waals surface area contributed by atoms with Crippen molar-refractivity contribution >= 4 is 0 Å². The van der Waals surface area contributed by atoms with Crippen molar-refractivity contribution in [2.75, 3.05) is 6.54 Å². The van der Waals surface area contributed by atoms with Gasteiger partial charge in [0.1, 0.15) is 0 Å². The first kappa shape index (κ1) is 12.0. The molecule has 0 aromatic heterocycles. The van der Waals surface area contributed by atoms with Crippen LogP contribution in [0.1, 0.15) is 12.5 Å². The molecule has 0 aliphatic carbocycles. The van der Waals surface area contributed by atoms with E-state index in [1.807, 2.05) is 37.3 Å². The topological polar surface area (TPSA) is 46.2 Å². The van der Waals surface area contributed by atoms with Gasteiger partial charge in [0.2, 0.25) is 0 Å². The van der Waals surface area contributed by atoms with Crippen LogP contribution in [0.2, 0.25) is 0 Å². The Bertz CT molecular complexity index is 308. The van der Waals surface area contributed by atoms with Crippen LogP contribution in [0.5, 0.6) is 0 Å². The van der Waals surface area contributed by atoms with Crippen molar-refractivity contribution in [3.05, 3.63) is 48.0 Å². The summed E-state index contributed by atoms with van der Waals surface area (Å²) >= 11 is 0. The summed E-state index contributed by atoms with van der Waals surface area (Å²) in [5, 5.41) is 9.87. The van der Waals surface area contributed by atoms with Gasteiger partial charge in [0.25, 0.3) is 0 Å². The van der Waals surface area contributed by atoms with Crippen molar-refractivity contribution in [2.24, 2.45) is 11.7 Å². The second-order valence-electron chi connectivity index (χ2n) is 3.98. The van der Waals surface area contributed by atoms with E-state index >= 15 is 0 Å². The van der Waals surface area contributed by atoms with Crippen LogP contribution in [0.15, 0.2) is 42.5 Å². The SMILES string of the molecule is C=C(C)C(O)C(CN)Cc1ccccc1. The molecule has 0 bridgehead atoms. The average molecular weight is 205 g/mol. The Balaban J connectivity index is 2.66. The molecular weight excluding hydrogens is 186 g/mol. The van der Waals surface area contributed by atoms with Gasteiger partial charge in [-0.15, -0.1) is 0 Å². The van der Waals surface area contributed by atoms with E-state index in [1.165, 1.54) is 5.56 Å². The molecule has 0 spiro atoms. The maximum Gasteiger partial charge on any atom is 0.0788 e. The second-order valence-corrected chi connectivity index (χ2v) is 3.98. The molecule has 0 saturated heterocycles. The highest BCUT2D eigenvalue weighted by Crippen LogP contribution is 2.15. The van der Waals surface area contributed by atoms with Gasteiger partial charge in [-0.2, -0.15) is 0 Å². The third-order valence-electron chi connectivity index (χ3n) is 2.59. The largest absolute Gasteiger partial charge is 0.388 e. The van der Waals surface area contributed by atoms with Crippen molar-refractivity contribution in [1.82, 2.24) is 0 Å². The van der Waals surface area contributed by atoms with Crippen molar-refractivity contribution in [3.63, 3.8) is 0 Å². The highest BCUT2D eigenvalue weighted by atomic mass is 16.3. The summed E-state index contributed by atoms with van der Waals surface area (Å²) < 4.78 is 0. The van der Waals surface area contributed by atoms with Crippen LogP contribution in [-0.2, 0) is 6.42 Å². The highest BCUT2D eigenvalue weighted by Gasteiger charge is 2.18. The molecular formula is C13H19NO. The second kappa shape index (κ2) is 5.69. The number of hydrogen-bond donors (Lipinski definition) is 2. The molecule has 0 radical (unpaired) electrons. The summed E-state index contributed by atoms with van der Waals surface area (Å²) in [5.41, 5.74) is 7.64. The molecule has 2 unspecified atom stereocenters. The normalized spacial score (nSPS) is 14.6. The molecule has 1 aromatic rings. The number of nitrogens with two attached hydrogens (primary N) is 1. The fourth-order valence-electron chi connectivity index (χ4n) is 1.64. The predicted molar refractivity (Wildman–Crippen MR) is 63.5 cm³/mol. The molecule has 1 aromatic carbocycles. The fourth-order valence-corrected chi connectivity index (χ4v) is 1.64. The Labute approximate surface area is 91.4 Å². The molecule has 0 aliphatic heterocycles. The molecule has 2 heteroatoms. The Morgan fingerprint density at radius 3 is 2.47 bits per heavy atom. The van der Waals surface area contributed by atoms with E-state index in [9.17, 15) is 5.11 Å². The smallest absolute Gasteiger partial charge is 0.0788 e. The zero-order valence-corrected chi connectivity index (χ0v) is 9.19. The Kier molecular flexibility index (Phi) is 4.53. The van der Waals surface area contributed by atoms with Gasteiger partial charge in [0, 0.05) is 5.92 Å². The molecule has 15 heavy (non-hydrogen) atoms. The zero-order valence-electron chi connectivity index (χ0n) is 9.19. The lowest BCUT2D eigenvalue weighted by molar-refractivity contribution is 0.145. The Hall–Kier alpha value is -1.12. The van der Waals surface area contributed by atoms with E-state index in [0.717, 1.165) is 12.0 Å². The zero-order chi connectivity index (χ0) is 11.3. The minimum atomic E-state index is -0.504. The minimum Gasteiger partial charge on any atom is -0.388 e. The quantitative estimate of drug-likeness (QED) is 0.719. The van der Waals surface area contributed by atoms with Crippen molar-refractivity contribution in [2.45, 2.75) is 19.4 Å². The van der Waals surface area contributed by atoms with E-state index in [1.54, 1.807) is 0 Å². The molecule has 1 rings (SSSR count). The molecule has 2 atom stereocenters. The monoisotopic (exact) mass is 205 g/mol. The van der Waals surface area contributed by atoms with Crippen LogP contribution < -0.4 is 5.73 Å². The Morgan fingerprint density at radius 1 is 1.40 bits per heavy atom. The predicted octanol–water partition coefficient (Wildman–Crippen LogP) is 1.74. The van der Waals surface area contributed by atoms with Crippen molar-refractivity contribution < 1.29 is 5.11 Å². The van der Waals surface area contributed by atoms with Crippen LogP contribution in [0.3, 0.4) is 0 Å². The first-order valence-corrected chi connectivity index (χ1v) is 5.22. The number of rotatable bonds is 5. The van der Waals surface area contributed by atoms with E-state index in [2.05, 4.69) is 6.58 Å². The summed E-state index contributed by atoms with van der Waals surface area (Å²) in [6.07, 6.45) is 0.293. The third-order valence-corrected chi connectivity index (χ3v) is 2.59. The van der Waals surface area contributed by atoms with Gasteiger partial charge in [-0.05, 0) is 25.5 Å². The first-order valence-electron chi connectivity index (χ1n) is 5.22. The first-order chi connectivity index (χ1) is 7.15. The van der Waals surface area contributed by atoms with E-state index in [4.69, 9.17) is 5.73 Å². The van der Waals surface area contributed by atoms with E-state index < -0.39 is 6.10 Å². The fraction of sp³-hybridized carbons (Fsp3) is 0.385. The van der Waals surface area contributed by atoms with Gasteiger partial charge >= 0.3 is 0 Å². The summed E-state index contributed by atoms with van der Waals surface area (Å²) in [5.74, 6) is 0.0601. The lowest BCUT2D eigenvalue weighted by Gasteiger charge is -2.21. The Morgan fingerprint density at radius 2 is 2.00 bits per heavy atom. The molecule has 0 amide bonds. The number of aliphatic hydroxyl groups is 1. The standard InChI is InChI=1S/C13H19NO/c1-10(2)13(15)12(9-14)8-11-6-4-3-5-7-11/h3-7,12-13,15H,1,8-9,14H2,2H3. The van der Waals surface area contributed by atoms with Crippen LogP contribution in [0.25, 0.3) is 0 Å². The number of hydrogen-bond acceptors (Lipinski definition) is 2.